The number of likely N-dealkylation sites (tertiary alicyclic amines) is 1. The summed E-state index contributed by atoms with van der Waals surface area (Å²) in [7, 11) is 0. The van der Waals surface area contributed by atoms with E-state index in [4.69, 9.17) is 11.6 Å². The van der Waals surface area contributed by atoms with Crippen molar-refractivity contribution in [3.05, 3.63) is 34.9 Å². The van der Waals surface area contributed by atoms with Gasteiger partial charge < -0.3 is 15.3 Å². The van der Waals surface area contributed by atoms with E-state index >= 15 is 0 Å². The first-order valence-electron chi connectivity index (χ1n) is 7.28. The lowest BCUT2D eigenvalue weighted by Crippen LogP contribution is -2.55. The lowest BCUT2D eigenvalue weighted by Gasteiger charge is -2.39. The Kier molecular flexibility index (Phi) is 5.41. The van der Waals surface area contributed by atoms with Crippen LogP contribution in [0, 0.1) is 0 Å². The maximum atomic E-state index is 12.7. The number of benzene rings is 1. The standard InChI is InChI=1S/C15H18ClF3N2O2/c16-12-4-2-1-3-11(12)5-8-20-13(22)21-9-6-14(23,7-10-21)15(17,18)19/h1-4,23H,5-10H2,(H,20,22). The van der Waals surface area contributed by atoms with Crippen molar-refractivity contribution in [2.24, 2.45) is 0 Å². The van der Waals surface area contributed by atoms with Crippen LogP contribution in [0.2, 0.25) is 5.02 Å². The average Bonchev–Trinajstić information content (AvgIpc) is 2.48. The number of alkyl halides is 3. The molecule has 128 valence electrons. The molecule has 0 spiro atoms. The van der Waals surface area contributed by atoms with Gasteiger partial charge in [0.2, 0.25) is 0 Å². The predicted molar refractivity (Wildman–Crippen MR) is 80.4 cm³/mol. The summed E-state index contributed by atoms with van der Waals surface area (Å²) in [6, 6.07) is 6.81. The molecule has 2 N–H and O–H groups in total. The van der Waals surface area contributed by atoms with Crippen LogP contribution in [0.3, 0.4) is 0 Å². The van der Waals surface area contributed by atoms with E-state index in [1.807, 2.05) is 12.1 Å². The van der Waals surface area contributed by atoms with Gasteiger partial charge in [-0.1, -0.05) is 29.8 Å². The molecule has 1 heterocycles. The van der Waals surface area contributed by atoms with Crippen molar-refractivity contribution in [1.82, 2.24) is 10.2 Å². The van der Waals surface area contributed by atoms with Gasteiger partial charge in [0.15, 0.2) is 5.60 Å². The van der Waals surface area contributed by atoms with Crippen molar-refractivity contribution >= 4 is 17.6 Å². The topological polar surface area (TPSA) is 52.6 Å². The van der Waals surface area contributed by atoms with Gasteiger partial charge in [-0.2, -0.15) is 13.2 Å². The van der Waals surface area contributed by atoms with Crippen molar-refractivity contribution in [3.8, 4) is 0 Å². The van der Waals surface area contributed by atoms with Crippen LogP contribution in [0.25, 0.3) is 0 Å². The first-order chi connectivity index (χ1) is 10.7. The fraction of sp³-hybridized carbons (Fsp3) is 0.533. The summed E-state index contributed by atoms with van der Waals surface area (Å²) in [6.07, 6.45) is -5.14. The van der Waals surface area contributed by atoms with E-state index in [2.05, 4.69) is 5.32 Å². The Morgan fingerprint density at radius 1 is 1.30 bits per heavy atom. The van der Waals surface area contributed by atoms with Crippen molar-refractivity contribution in [2.45, 2.75) is 31.0 Å². The van der Waals surface area contributed by atoms with Gasteiger partial charge in [-0.3, -0.25) is 0 Å². The molecule has 0 aliphatic carbocycles. The van der Waals surface area contributed by atoms with Gasteiger partial charge in [-0.05, 0) is 18.1 Å². The highest BCUT2D eigenvalue weighted by Crippen LogP contribution is 2.38. The number of urea groups is 1. The maximum Gasteiger partial charge on any atom is 0.417 e. The Balaban J connectivity index is 1.79. The van der Waals surface area contributed by atoms with Gasteiger partial charge in [-0.15, -0.1) is 0 Å². The molecule has 2 amide bonds. The minimum absolute atomic E-state index is 0.131. The number of amides is 2. The van der Waals surface area contributed by atoms with Crippen LogP contribution in [0.5, 0.6) is 0 Å². The highest BCUT2D eigenvalue weighted by atomic mass is 35.5. The number of nitrogens with one attached hydrogen (secondary N) is 1. The molecule has 0 bridgehead atoms. The molecule has 0 saturated carbocycles. The summed E-state index contributed by atoms with van der Waals surface area (Å²) in [6.45, 7) is 0.0739. The van der Waals surface area contributed by atoms with Crippen molar-refractivity contribution in [2.75, 3.05) is 19.6 Å². The van der Waals surface area contributed by atoms with Crippen LogP contribution in [0.4, 0.5) is 18.0 Å². The second-order valence-electron chi connectivity index (χ2n) is 5.59. The van der Waals surface area contributed by atoms with E-state index in [1.54, 1.807) is 12.1 Å². The summed E-state index contributed by atoms with van der Waals surface area (Å²) in [5.41, 5.74) is -1.80. The largest absolute Gasteiger partial charge is 0.417 e. The number of nitrogens with zero attached hydrogens (tertiary/aromatic N) is 1. The maximum absolute atomic E-state index is 12.7. The molecule has 2 rings (SSSR count). The molecular weight excluding hydrogens is 333 g/mol. The van der Waals surface area contributed by atoms with Crippen LogP contribution in [0.1, 0.15) is 18.4 Å². The molecular formula is C15H18ClF3N2O2. The SMILES string of the molecule is O=C(NCCc1ccccc1Cl)N1CCC(O)(C(F)(F)F)CC1. The normalized spacial score (nSPS) is 17.9. The fourth-order valence-electron chi connectivity index (χ4n) is 2.48. The van der Waals surface area contributed by atoms with Crippen molar-refractivity contribution in [1.29, 1.82) is 0 Å². The van der Waals surface area contributed by atoms with Gasteiger partial charge >= 0.3 is 12.2 Å². The Morgan fingerprint density at radius 2 is 1.91 bits per heavy atom. The minimum atomic E-state index is -4.67. The zero-order valence-electron chi connectivity index (χ0n) is 12.4. The van der Waals surface area contributed by atoms with Crippen LogP contribution in [-0.2, 0) is 6.42 Å². The zero-order chi connectivity index (χ0) is 17.1. The van der Waals surface area contributed by atoms with E-state index in [-0.39, 0.29) is 13.1 Å². The van der Waals surface area contributed by atoms with Gasteiger partial charge in [0.05, 0.1) is 0 Å². The highest BCUT2D eigenvalue weighted by Gasteiger charge is 2.54. The van der Waals surface area contributed by atoms with E-state index < -0.39 is 30.7 Å². The molecule has 1 aromatic carbocycles. The summed E-state index contributed by atoms with van der Waals surface area (Å²) in [5.74, 6) is 0. The fourth-order valence-corrected chi connectivity index (χ4v) is 2.71. The molecule has 0 radical (unpaired) electrons. The molecule has 4 nitrogen and oxygen atoms in total. The number of piperidine rings is 1. The lowest BCUT2D eigenvalue weighted by molar-refractivity contribution is -0.271. The van der Waals surface area contributed by atoms with Crippen molar-refractivity contribution < 1.29 is 23.1 Å². The number of hydrogen-bond acceptors (Lipinski definition) is 2. The number of aliphatic hydroxyl groups is 1. The highest BCUT2D eigenvalue weighted by molar-refractivity contribution is 6.31. The molecule has 1 saturated heterocycles. The first-order valence-corrected chi connectivity index (χ1v) is 7.66. The molecule has 0 unspecified atom stereocenters. The van der Waals surface area contributed by atoms with Crippen LogP contribution in [-0.4, -0.2) is 47.4 Å². The van der Waals surface area contributed by atoms with Gasteiger partial charge in [0.1, 0.15) is 0 Å². The Hall–Kier alpha value is -1.47. The van der Waals surface area contributed by atoms with Gasteiger partial charge in [0, 0.05) is 37.5 Å². The third kappa shape index (κ3) is 4.29. The molecule has 0 atom stereocenters. The summed E-state index contributed by atoms with van der Waals surface area (Å²) < 4.78 is 38.1. The molecule has 1 fully saturated rings. The Morgan fingerprint density at radius 3 is 2.48 bits per heavy atom. The zero-order valence-corrected chi connectivity index (χ0v) is 13.1. The Labute approximate surface area is 137 Å². The number of carbonyl (C=O) groups is 1. The van der Waals surface area contributed by atoms with E-state index in [9.17, 15) is 23.1 Å². The third-order valence-corrected chi connectivity index (χ3v) is 4.40. The van der Waals surface area contributed by atoms with Gasteiger partial charge in [-0.25, -0.2) is 4.79 Å². The number of rotatable bonds is 3. The van der Waals surface area contributed by atoms with Gasteiger partial charge in [0.25, 0.3) is 0 Å². The predicted octanol–water partition coefficient (Wildman–Crippen LogP) is 2.98. The summed E-state index contributed by atoms with van der Waals surface area (Å²) >= 11 is 6.00. The summed E-state index contributed by atoms with van der Waals surface area (Å²) in [5, 5.41) is 12.8. The van der Waals surface area contributed by atoms with Crippen molar-refractivity contribution in [3.63, 3.8) is 0 Å². The van der Waals surface area contributed by atoms with E-state index in [0.29, 0.717) is 18.0 Å². The smallest absolute Gasteiger partial charge is 0.380 e. The quantitative estimate of drug-likeness (QED) is 0.880. The molecule has 0 aromatic heterocycles. The monoisotopic (exact) mass is 350 g/mol. The minimum Gasteiger partial charge on any atom is -0.380 e. The number of halogens is 4. The average molecular weight is 351 g/mol. The third-order valence-electron chi connectivity index (χ3n) is 4.03. The molecule has 1 aliphatic rings. The first kappa shape index (κ1) is 17.9. The number of carbonyl (C=O) groups excluding carboxylic acids is 1. The molecule has 1 aromatic rings. The van der Waals surface area contributed by atoms with E-state index in [1.165, 1.54) is 4.90 Å². The second-order valence-corrected chi connectivity index (χ2v) is 6.00. The lowest BCUT2D eigenvalue weighted by atomic mass is 9.91. The molecule has 23 heavy (non-hydrogen) atoms. The Bertz CT molecular complexity index is 558. The van der Waals surface area contributed by atoms with Crippen LogP contribution < -0.4 is 5.32 Å². The number of hydrogen-bond donors (Lipinski definition) is 2. The summed E-state index contributed by atoms with van der Waals surface area (Å²) in [4.78, 5) is 13.2. The molecule has 8 heteroatoms. The van der Waals surface area contributed by atoms with Crippen LogP contribution in [0.15, 0.2) is 24.3 Å². The molecule has 1 aliphatic heterocycles. The second kappa shape index (κ2) is 6.97. The van der Waals surface area contributed by atoms with Crippen LogP contribution >= 0.6 is 11.6 Å². The van der Waals surface area contributed by atoms with E-state index in [0.717, 1.165) is 5.56 Å².